The zero-order valence-corrected chi connectivity index (χ0v) is 11.6. The lowest BCUT2D eigenvalue weighted by molar-refractivity contribution is 0.102. The fraction of sp³-hybridized carbons (Fsp3) is 0. The molecule has 5 heteroatoms. The summed E-state index contributed by atoms with van der Waals surface area (Å²) in [6, 6.07) is 16.1. The first kappa shape index (κ1) is 13.8. The maximum atomic E-state index is 12.1. The number of carbonyl (C=O) groups excluding carboxylic acids is 1. The van der Waals surface area contributed by atoms with Gasteiger partial charge in [-0.2, -0.15) is 0 Å². The van der Waals surface area contributed by atoms with Crippen LogP contribution in [-0.4, -0.2) is 15.9 Å². The molecule has 0 radical (unpaired) electrons. The summed E-state index contributed by atoms with van der Waals surface area (Å²) in [5.41, 5.74) is 1.10. The van der Waals surface area contributed by atoms with Gasteiger partial charge in [-0.3, -0.25) is 9.78 Å². The van der Waals surface area contributed by atoms with E-state index in [9.17, 15) is 4.79 Å². The van der Waals surface area contributed by atoms with Gasteiger partial charge in [-0.1, -0.05) is 18.2 Å². The first-order valence-corrected chi connectivity index (χ1v) is 6.71. The van der Waals surface area contributed by atoms with Crippen molar-refractivity contribution in [1.29, 1.82) is 0 Å². The van der Waals surface area contributed by atoms with Crippen molar-refractivity contribution in [2.75, 3.05) is 5.32 Å². The number of anilines is 1. The van der Waals surface area contributed by atoms with Gasteiger partial charge in [0.25, 0.3) is 5.91 Å². The van der Waals surface area contributed by atoms with Crippen LogP contribution in [0, 0.1) is 0 Å². The Morgan fingerprint density at radius 2 is 1.86 bits per heavy atom. The predicted molar refractivity (Wildman–Crippen MR) is 82.9 cm³/mol. The molecule has 0 saturated heterocycles. The molecule has 0 aliphatic heterocycles. The monoisotopic (exact) mass is 291 g/mol. The lowest BCUT2D eigenvalue weighted by Crippen LogP contribution is -2.12. The summed E-state index contributed by atoms with van der Waals surface area (Å²) in [5, 5.41) is 2.79. The third kappa shape index (κ3) is 3.46. The number of benzene rings is 1. The second kappa shape index (κ2) is 6.49. The van der Waals surface area contributed by atoms with Crippen molar-refractivity contribution >= 4 is 11.6 Å². The van der Waals surface area contributed by atoms with Crippen LogP contribution in [0.5, 0.6) is 11.6 Å². The fourth-order valence-electron chi connectivity index (χ4n) is 1.85. The Balaban J connectivity index is 1.73. The lowest BCUT2D eigenvalue weighted by Gasteiger charge is -2.08. The molecule has 0 aliphatic carbocycles. The van der Waals surface area contributed by atoms with Gasteiger partial charge in [-0.05, 0) is 30.3 Å². The molecule has 0 bridgehead atoms. The van der Waals surface area contributed by atoms with E-state index in [0.717, 1.165) is 0 Å². The van der Waals surface area contributed by atoms with E-state index in [1.807, 2.05) is 30.3 Å². The molecule has 1 aromatic carbocycles. The Kier molecular flexibility index (Phi) is 4.06. The van der Waals surface area contributed by atoms with Gasteiger partial charge in [-0.15, -0.1) is 0 Å². The second-order valence-corrected chi connectivity index (χ2v) is 4.49. The number of nitrogens with zero attached hydrogens (tertiary/aromatic N) is 2. The topological polar surface area (TPSA) is 64.1 Å². The van der Waals surface area contributed by atoms with Crippen molar-refractivity contribution in [3.63, 3.8) is 0 Å². The molecule has 3 rings (SSSR count). The zero-order valence-electron chi connectivity index (χ0n) is 11.6. The number of ether oxygens (including phenoxy) is 1. The van der Waals surface area contributed by atoms with E-state index in [0.29, 0.717) is 22.9 Å². The van der Waals surface area contributed by atoms with Crippen LogP contribution < -0.4 is 10.1 Å². The van der Waals surface area contributed by atoms with Gasteiger partial charge in [0.1, 0.15) is 5.75 Å². The zero-order chi connectivity index (χ0) is 15.2. The molecule has 1 N–H and O–H groups in total. The quantitative estimate of drug-likeness (QED) is 0.798. The van der Waals surface area contributed by atoms with Crippen molar-refractivity contribution < 1.29 is 9.53 Å². The number of nitrogens with one attached hydrogen (secondary N) is 1. The van der Waals surface area contributed by atoms with Gasteiger partial charge in [0.15, 0.2) is 0 Å². The van der Waals surface area contributed by atoms with Crippen molar-refractivity contribution in [3.05, 3.63) is 78.8 Å². The van der Waals surface area contributed by atoms with Gasteiger partial charge in [0.05, 0.1) is 5.56 Å². The largest absolute Gasteiger partial charge is 0.439 e. The SMILES string of the molecule is O=C(Nc1ccnc(Oc2ccccc2)c1)c1cccnc1. The first-order valence-electron chi connectivity index (χ1n) is 6.71. The normalized spacial score (nSPS) is 10.0. The predicted octanol–water partition coefficient (Wildman–Crippen LogP) is 3.52. The van der Waals surface area contributed by atoms with E-state index >= 15 is 0 Å². The molecule has 2 heterocycles. The van der Waals surface area contributed by atoms with E-state index in [2.05, 4.69) is 15.3 Å². The first-order chi connectivity index (χ1) is 10.8. The van der Waals surface area contributed by atoms with Gasteiger partial charge in [0.2, 0.25) is 5.88 Å². The molecular formula is C17H13N3O2. The van der Waals surface area contributed by atoms with Crippen LogP contribution in [0.15, 0.2) is 73.2 Å². The molecule has 5 nitrogen and oxygen atoms in total. The summed E-state index contributed by atoms with van der Waals surface area (Å²) in [6.45, 7) is 0. The highest BCUT2D eigenvalue weighted by Crippen LogP contribution is 2.21. The van der Waals surface area contributed by atoms with Crippen molar-refractivity contribution in [3.8, 4) is 11.6 Å². The Morgan fingerprint density at radius 1 is 1.00 bits per heavy atom. The van der Waals surface area contributed by atoms with Crippen molar-refractivity contribution in [2.24, 2.45) is 0 Å². The summed E-state index contributed by atoms with van der Waals surface area (Å²) in [5.74, 6) is 0.867. The van der Waals surface area contributed by atoms with E-state index in [4.69, 9.17) is 4.74 Å². The number of rotatable bonds is 4. The molecule has 0 fully saturated rings. The molecule has 3 aromatic rings. The van der Waals surface area contributed by atoms with Gasteiger partial charge < -0.3 is 10.1 Å². The highest BCUT2D eigenvalue weighted by Gasteiger charge is 2.07. The average Bonchev–Trinajstić information content (AvgIpc) is 2.57. The standard InChI is InChI=1S/C17H13N3O2/c21-17(13-5-4-9-18-12-13)20-14-8-10-19-16(11-14)22-15-6-2-1-3-7-15/h1-12H,(H,19,20,21). The maximum absolute atomic E-state index is 12.1. The number of hydrogen-bond acceptors (Lipinski definition) is 4. The number of amides is 1. The molecule has 0 saturated carbocycles. The van der Waals surface area contributed by atoms with Crippen LogP contribution in [0.3, 0.4) is 0 Å². The molecule has 0 unspecified atom stereocenters. The highest BCUT2D eigenvalue weighted by molar-refractivity contribution is 6.04. The summed E-state index contributed by atoms with van der Waals surface area (Å²) in [4.78, 5) is 20.1. The minimum Gasteiger partial charge on any atom is -0.439 e. The molecule has 0 atom stereocenters. The summed E-state index contributed by atoms with van der Waals surface area (Å²) in [7, 11) is 0. The number of pyridine rings is 2. The highest BCUT2D eigenvalue weighted by atomic mass is 16.5. The third-order valence-corrected chi connectivity index (χ3v) is 2.88. The molecule has 0 spiro atoms. The fourth-order valence-corrected chi connectivity index (χ4v) is 1.85. The van der Waals surface area contributed by atoms with Crippen LogP contribution >= 0.6 is 0 Å². The van der Waals surface area contributed by atoms with Crippen molar-refractivity contribution in [2.45, 2.75) is 0 Å². The maximum Gasteiger partial charge on any atom is 0.257 e. The Morgan fingerprint density at radius 3 is 2.64 bits per heavy atom. The molecular weight excluding hydrogens is 278 g/mol. The van der Waals surface area contributed by atoms with Gasteiger partial charge in [-0.25, -0.2) is 4.98 Å². The summed E-state index contributed by atoms with van der Waals surface area (Å²) >= 11 is 0. The molecule has 108 valence electrons. The second-order valence-electron chi connectivity index (χ2n) is 4.49. The third-order valence-electron chi connectivity index (χ3n) is 2.88. The number of hydrogen-bond donors (Lipinski definition) is 1. The van der Waals surface area contributed by atoms with Crippen LogP contribution in [0.2, 0.25) is 0 Å². The molecule has 22 heavy (non-hydrogen) atoms. The number of para-hydroxylation sites is 1. The van der Waals surface area contributed by atoms with E-state index < -0.39 is 0 Å². The number of carbonyl (C=O) groups is 1. The minimum atomic E-state index is -0.232. The lowest BCUT2D eigenvalue weighted by atomic mass is 10.2. The summed E-state index contributed by atoms with van der Waals surface area (Å²) in [6.07, 6.45) is 4.71. The van der Waals surface area contributed by atoms with Crippen LogP contribution in [0.25, 0.3) is 0 Å². The Hall–Kier alpha value is -3.21. The van der Waals surface area contributed by atoms with E-state index in [1.54, 1.807) is 36.7 Å². The Bertz CT molecular complexity index is 761. The Labute approximate surface area is 127 Å². The molecule has 1 amide bonds. The smallest absolute Gasteiger partial charge is 0.257 e. The van der Waals surface area contributed by atoms with Crippen LogP contribution in [0.4, 0.5) is 5.69 Å². The summed E-state index contributed by atoms with van der Waals surface area (Å²) < 4.78 is 5.63. The van der Waals surface area contributed by atoms with E-state index in [1.165, 1.54) is 6.20 Å². The number of aromatic nitrogens is 2. The van der Waals surface area contributed by atoms with Crippen molar-refractivity contribution in [1.82, 2.24) is 9.97 Å². The minimum absolute atomic E-state index is 0.232. The van der Waals surface area contributed by atoms with Gasteiger partial charge in [0, 0.05) is 30.3 Å². The van der Waals surface area contributed by atoms with Crippen LogP contribution in [0.1, 0.15) is 10.4 Å². The molecule has 2 aromatic heterocycles. The van der Waals surface area contributed by atoms with E-state index in [-0.39, 0.29) is 5.91 Å². The van der Waals surface area contributed by atoms with Gasteiger partial charge >= 0.3 is 0 Å². The molecule has 0 aliphatic rings. The average molecular weight is 291 g/mol. The van der Waals surface area contributed by atoms with Crippen LogP contribution in [-0.2, 0) is 0 Å².